The number of hydrogen-bond acceptors (Lipinski definition) is 2. The van der Waals surface area contributed by atoms with E-state index < -0.39 is 5.82 Å². The Morgan fingerprint density at radius 1 is 1.27 bits per heavy atom. The molecule has 1 N–H and O–H groups in total. The van der Waals surface area contributed by atoms with Crippen LogP contribution in [0.1, 0.15) is 18.9 Å². The van der Waals surface area contributed by atoms with E-state index in [0.717, 1.165) is 17.3 Å². The average Bonchev–Trinajstić information content (AvgIpc) is 2.47. The van der Waals surface area contributed by atoms with E-state index >= 15 is 0 Å². The molecule has 2 rings (SSSR count). The lowest BCUT2D eigenvalue weighted by molar-refractivity contribution is -0.118. The number of ether oxygens (including phenoxy) is 1. The molecule has 5 heteroatoms. The van der Waals surface area contributed by atoms with Crippen LogP contribution >= 0.6 is 15.9 Å². The molecular weight excluding hydrogens is 349 g/mol. The molecule has 2 aromatic rings. The van der Waals surface area contributed by atoms with Gasteiger partial charge in [0.1, 0.15) is 11.6 Å². The molecule has 0 aliphatic rings. The van der Waals surface area contributed by atoms with Gasteiger partial charge in [0.15, 0.2) is 6.61 Å². The van der Waals surface area contributed by atoms with Gasteiger partial charge in [0.05, 0.1) is 4.47 Å². The number of benzene rings is 2. The summed E-state index contributed by atoms with van der Waals surface area (Å²) in [6, 6.07) is 11.5. The predicted molar refractivity (Wildman–Crippen MR) is 88.7 cm³/mol. The van der Waals surface area contributed by atoms with Crippen LogP contribution < -0.4 is 10.1 Å². The van der Waals surface area contributed by atoms with Crippen LogP contribution in [-0.4, -0.2) is 12.5 Å². The molecule has 0 spiro atoms. The molecule has 0 bridgehead atoms. The van der Waals surface area contributed by atoms with Gasteiger partial charge in [-0.1, -0.05) is 25.5 Å². The Bertz CT molecular complexity index is 661. The molecular formula is C17H17BrFNO2. The Morgan fingerprint density at radius 2 is 2.09 bits per heavy atom. The highest BCUT2D eigenvalue weighted by Crippen LogP contribution is 2.26. The molecule has 0 unspecified atom stereocenters. The van der Waals surface area contributed by atoms with E-state index in [-0.39, 0.29) is 12.5 Å². The maximum atomic E-state index is 13.0. The summed E-state index contributed by atoms with van der Waals surface area (Å²) in [6.07, 6.45) is 2.07. The van der Waals surface area contributed by atoms with Gasteiger partial charge in [-0.05, 0) is 58.2 Å². The van der Waals surface area contributed by atoms with Crippen molar-refractivity contribution < 1.29 is 13.9 Å². The predicted octanol–water partition coefficient (Wildman–Crippen LogP) is 4.56. The molecule has 2 aromatic carbocycles. The van der Waals surface area contributed by atoms with Gasteiger partial charge in [0.2, 0.25) is 0 Å². The lowest BCUT2D eigenvalue weighted by atomic mass is 10.1. The van der Waals surface area contributed by atoms with Crippen LogP contribution in [0.5, 0.6) is 5.75 Å². The van der Waals surface area contributed by atoms with Crippen molar-refractivity contribution in [3.05, 3.63) is 58.3 Å². The average molecular weight is 366 g/mol. The third kappa shape index (κ3) is 4.84. The highest BCUT2D eigenvalue weighted by molar-refractivity contribution is 9.10. The Kier molecular flexibility index (Phi) is 5.95. The van der Waals surface area contributed by atoms with Crippen LogP contribution in [0.4, 0.5) is 10.1 Å². The summed E-state index contributed by atoms with van der Waals surface area (Å²) < 4.78 is 19.3. The highest BCUT2D eigenvalue weighted by Gasteiger charge is 2.07. The number of halogens is 2. The van der Waals surface area contributed by atoms with Crippen molar-refractivity contribution in [1.82, 2.24) is 0 Å². The summed E-state index contributed by atoms with van der Waals surface area (Å²) in [5.41, 5.74) is 1.62. The number of anilines is 1. The van der Waals surface area contributed by atoms with Gasteiger partial charge in [-0.15, -0.1) is 0 Å². The topological polar surface area (TPSA) is 38.3 Å². The van der Waals surface area contributed by atoms with E-state index in [1.807, 2.05) is 18.2 Å². The zero-order valence-electron chi connectivity index (χ0n) is 12.2. The lowest BCUT2D eigenvalue weighted by Gasteiger charge is -2.10. The molecule has 0 aromatic heterocycles. The molecule has 0 aliphatic heterocycles. The van der Waals surface area contributed by atoms with Crippen molar-refractivity contribution in [2.45, 2.75) is 19.8 Å². The van der Waals surface area contributed by atoms with Crippen molar-refractivity contribution in [2.75, 3.05) is 11.9 Å². The Morgan fingerprint density at radius 3 is 2.77 bits per heavy atom. The van der Waals surface area contributed by atoms with E-state index in [2.05, 4.69) is 28.2 Å². The summed E-state index contributed by atoms with van der Waals surface area (Å²) in [7, 11) is 0. The molecule has 0 radical (unpaired) electrons. The molecule has 0 saturated carbocycles. The fourth-order valence-electron chi connectivity index (χ4n) is 2.01. The molecule has 116 valence electrons. The first kappa shape index (κ1) is 16.5. The van der Waals surface area contributed by atoms with Gasteiger partial charge in [-0.3, -0.25) is 4.79 Å². The van der Waals surface area contributed by atoms with Gasteiger partial charge in [0.25, 0.3) is 5.91 Å². The van der Waals surface area contributed by atoms with Gasteiger partial charge in [0, 0.05) is 5.69 Å². The molecule has 0 fully saturated rings. The van der Waals surface area contributed by atoms with Gasteiger partial charge < -0.3 is 10.1 Å². The highest BCUT2D eigenvalue weighted by atomic mass is 79.9. The summed E-state index contributed by atoms with van der Waals surface area (Å²) in [5, 5.41) is 2.58. The van der Waals surface area contributed by atoms with Crippen molar-refractivity contribution >= 4 is 27.5 Å². The first-order valence-electron chi connectivity index (χ1n) is 7.05. The number of nitrogens with one attached hydrogen (secondary N) is 1. The van der Waals surface area contributed by atoms with E-state index in [1.165, 1.54) is 23.8 Å². The second-order valence-electron chi connectivity index (χ2n) is 4.86. The Hall–Kier alpha value is -1.88. The number of carbonyl (C=O) groups excluding carboxylic acids is 1. The van der Waals surface area contributed by atoms with Gasteiger partial charge in [-0.25, -0.2) is 4.39 Å². The minimum Gasteiger partial charge on any atom is -0.483 e. The maximum absolute atomic E-state index is 13.0. The summed E-state index contributed by atoms with van der Waals surface area (Å²) in [5.74, 6) is -0.127. The molecule has 1 amide bonds. The number of hydrogen-bond donors (Lipinski definition) is 1. The fourth-order valence-corrected chi connectivity index (χ4v) is 2.55. The number of aryl methyl sites for hydroxylation is 1. The Balaban J connectivity index is 1.91. The standard InChI is InChI=1S/C17H17BrFNO2/c1-2-4-12-7-8-16(15(18)9-12)22-11-17(21)20-14-6-3-5-13(19)10-14/h3,5-10H,2,4,11H2,1H3,(H,20,21). The first-order valence-corrected chi connectivity index (χ1v) is 7.84. The van der Waals surface area contributed by atoms with Crippen LogP contribution in [0.2, 0.25) is 0 Å². The van der Waals surface area contributed by atoms with Crippen molar-refractivity contribution in [1.29, 1.82) is 0 Å². The molecule has 0 atom stereocenters. The molecule has 22 heavy (non-hydrogen) atoms. The van der Waals surface area contributed by atoms with E-state index in [1.54, 1.807) is 6.07 Å². The van der Waals surface area contributed by atoms with Crippen LogP contribution in [0.25, 0.3) is 0 Å². The van der Waals surface area contributed by atoms with E-state index in [0.29, 0.717) is 11.4 Å². The molecule has 3 nitrogen and oxygen atoms in total. The summed E-state index contributed by atoms with van der Waals surface area (Å²) in [6.45, 7) is 1.98. The molecule has 0 aliphatic carbocycles. The fraction of sp³-hybridized carbons (Fsp3) is 0.235. The van der Waals surface area contributed by atoms with Crippen molar-refractivity contribution in [2.24, 2.45) is 0 Å². The second kappa shape index (κ2) is 7.94. The number of amides is 1. The van der Waals surface area contributed by atoms with Gasteiger partial charge >= 0.3 is 0 Å². The first-order chi connectivity index (χ1) is 10.6. The normalized spacial score (nSPS) is 10.3. The third-order valence-corrected chi connectivity index (χ3v) is 3.62. The second-order valence-corrected chi connectivity index (χ2v) is 5.72. The number of carbonyl (C=O) groups is 1. The monoisotopic (exact) mass is 365 g/mol. The lowest BCUT2D eigenvalue weighted by Crippen LogP contribution is -2.20. The minimum absolute atomic E-state index is 0.137. The van der Waals surface area contributed by atoms with E-state index in [9.17, 15) is 9.18 Å². The van der Waals surface area contributed by atoms with Crippen molar-refractivity contribution in [3.63, 3.8) is 0 Å². The maximum Gasteiger partial charge on any atom is 0.262 e. The molecule has 0 heterocycles. The van der Waals surface area contributed by atoms with Crippen LogP contribution in [0, 0.1) is 5.82 Å². The van der Waals surface area contributed by atoms with Crippen molar-refractivity contribution in [3.8, 4) is 5.75 Å². The molecule has 0 saturated heterocycles. The largest absolute Gasteiger partial charge is 0.483 e. The van der Waals surface area contributed by atoms with Crippen LogP contribution in [0.3, 0.4) is 0 Å². The zero-order chi connectivity index (χ0) is 15.9. The third-order valence-electron chi connectivity index (χ3n) is 3.00. The zero-order valence-corrected chi connectivity index (χ0v) is 13.8. The quantitative estimate of drug-likeness (QED) is 0.814. The smallest absolute Gasteiger partial charge is 0.262 e. The Labute approximate surface area is 137 Å². The van der Waals surface area contributed by atoms with Crippen LogP contribution in [0.15, 0.2) is 46.9 Å². The number of rotatable bonds is 6. The summed E-state index contributed by atoms with van der Waals surface area (Å²) >= 11 is 3.44. The van der Waals surface area contributed by atoms with Crippen LogP contribution in [-0.2, 0) is 11.2 Å². The van der Waals surface area contributed by atoms with Gasteiger partial charge in [-0.2, -0.15) is 0 Å². The SMILES string of the molecule is CCCc1ccc(OCC(=O)Nc2cccc(F)c2)c(Br)c1. The summed E-state index contributed by atoms with van der Waals surface area (Å²) in [4.78, 5) is 11.8. The minimum atomic E-state index is -0.395. The van der Waals surface area contributed by atoms with E-state index in [4.69, 9.17) is 4.74 Å².